The van der Waals surface area contributed by atoms with Crippen LogP contribution in [0.5, 0.6) is 0 Å². The maximum Gasteiger partial charge on any atom is 0.262 e. The lowest BCUT2D eigenvalue weighted by Crippen LogP contribution is -2.40. The van der Waals surface area contributed by atoms with Crippen molar-refractivity contribution in [2.75, 3.05) is 6.54 Å². The first kappa shape index (κ1) is 21.1. The van der Waals surface area contributed by atoms with E-state index in [-0.39, 0.29) is 16.7 Å². The fourth-order valence-electron chi connectivity index (χ4n) is 3.83. The van der Waals surface area contributed by atoms with E-state index < -0.39 is 0 Å². The van der Waals surface area contributed by atoms with Gasteiger partial charge in [0.1, 0.15) is 0 Å². The highest BCUT2D eigenvalue weighted by molar-refractivity contribution is 9.10. The number of amides is 1. The third kappa shape index (κ3) is 4.18. The summed E-state index contributed by atoms with van der Waals surface area (Å²) in [6, 6.07) is 13.8. The van der Waals surface area contributed by atoms with Crippen LogP contribution in [0.3, 0.4) is 0 Å². The monoisotopic (exact) mass is 485 g/mol. The van der Waals surface area contributed by atoms with Gasteiger partial charge in [-0.2, -0.15) is 0 Å². The maximum absolute atomic E-state index is 13.2. The van der Waals surface area contributed by atoms with Gasteiger partial charge in [0.25, 0.3) is 5.56 Å². The van der Waals surface area contributed by atoms with Gasteiger partial charge in [-0.3, -0.25) is 14.2 Å². The van der Waals surface area contributed by atoms with Crippen molar-refractivity contribution in [3.05, 3.63) is 68.4 Å². The van der Waals surface area contributed by atoms with Gasteiger partial charge in [0.15, 0.2) is 5.16 Å². The summed E-state index contributed by atoms with van der Waals surface area (Å²) < 4.78 is 2.56. The van der Waals surface area contributed by atoms with Gasteiger partial charge in [-0.15, -0.1) is 0 Å². The van der Waals surface area contributed by atoms with E-state index in [1.165, 1.54) is 22.9 Å². The van der Waals surface area contributed by atoms with Crippen molar-refractivity contribution < 1.29 is 4.79 Å². The molecule has 156 valence electrons. The van der Waals surface area contributed by atoms with Gasteiger partial charge in [-0.1, -0.05) is 58.9 Å². The van der Waals surface area contributed by atoms with Gasteiger partial charge in [-0.25, -0.2) is 4.98 Å². The Hall–Kier alpha value is -2.12. The largest absolute Gasteiger partial charge is 0.337 e. The lowest BCUT2D eigenvalue weighted by atomic mass is 10.00. The molecule has 1 aromatic heterocycles. The first-order chi connectivity index (χ1) is 14.5. The Balaban J connectivity index is 1.60. The van der Waals surface area contributed by atoms with E-state index in [0.29, 0.717) is 29.1 Å². The lowest BCUT2D eigenvalue weighted by molar-refractivity contribution is -0.131. The Morgan fingerprint density at radius 2 is 2.00 bits per heavy atom. The third-order valence-corrected chi connectivity index (χ3v) is 6.97. The summed E-state index contributed by atoms with van der Waals surface area (Å²) >= 11 is 4.81. The molecule has 0 fully saturated rings. The van der Waals surface area contributed by atoms with E-state index in [4.69, 9.17) is 4.98 Å². The quantitative estimate of drug-likeness (QED) is 0.390. The van der Waals surface area contributed by atoms with Crippen LogP contribution in [0.4, 0.5) is 0 Å². The van der Waals surface area contributed by atoms with Gasteiger partial charge in [0, 0.05) is 24.1 Å². The normalized spacial score (nSPS) is 14.6. The average Bonchev–Trinajstić information content (AvgIpc) is 2.76. The second kappa shape index (κ2) is 8.94. The van der Waals surface area contributed by atoms with E-state index in [2.05, 4.69) is 28.1 Å². The zero-order chi connectivity index (χ0) is 21.3. The molecule has 2 aromatic carbocycles. The Morgan fingerprint density at radius 3 is 2.77 bits per heavy atom. The van der Waals surface area contributed by atoms with Crippen LogP contribution in [0.2, 0.25) is 0 Å². The van der Waals surface area contributed by atoms with E-state index in [1.807, 2.05) is 49.1 Å². The summed E-state index contributed by atoms with van der Waals surface area (Å²) in [6.45, 7) is 5.88. The minimum absolute atomic E-state index is 0.0581. The third-order valence-electron chi connectivity index (χ3n) is 5.40. The summed E-state index contributed by atoms with van der Waals surface area (Å²) in [5.74, 6) is 0.0858. The number of fused-ring (bicyclic) bond motifs is 2. The van der Waals surface area contributed by atoms with Crippen molar-refractivity contribution in [1.82, 2.24) is 14.5 Å². The second-order valence-corrected chi connectivity index (χ2v) is 9.77. The van der Waals surface area contributed by atoms with Crippen molar-refractivity contribution >= 4 is 44.5 Å². The molecule has 7 heteroatoms. The molecule has 1 aliphatic rings. The van der Waals surface area contributed by atoms with Crippen molar-refractivity contribution in [3.63, 3.8) is 0 Å². The number of benzene rings is 2. The number of carbonyl (C=O) groups excluding carboxylic acids is 1. The molecule has 0 N–H and O–H groups in total. The molecule has 0 radical (unpaired) electrons. The topological polar surface area (TPSA) is 55.2 Å². The summed E-state index contributed by atoms with van der Waals surface area (Å²) in [5.41, 5.74) is 3.13. The molecule has 0 bridgehead atoms. The number of halogens is 1. The molecular weight excluding hydrogens is 462 g/mol. The van der Waals surface area contributed by atoms with Crippen LogP contribution in [0, 0.1) is 0 Å². The predicted octanol–water partition coefficient (Wildman–Crippen LogP) is 4.63. The molecule has 3 aromatic rings. The number of carbonyl (C=O) groups is 1. The van der Waals surface area contributed by atoms with Crippen LogP contribution in [-0.2, 0) is 24.3 Å². The highest BCUT2D eigenvalue weighted by atomic mass is 79.9. The molecule has 5 nitrogen and oxygen atoms in total. The van der Waals surface area contributed by atoms with Crippen LogP contribution in [0.25, 0.3) is 10.9 Å². The number of hydrogen-bond donors (Lipinski definition) is 0. The van der Waals surface area contributed by atoms with Crippen LogP contribution < -0.4 is 5.56 Å². The fourth-order valence-corrected chi connectivity index (χ4v) is 5.21. The van der Waals surface area contributed by atoms with Crippen molar-refractivity contribution in [2.24, 2.45) is 0 Å². The zero-order valence-electron chi connectivity index (χ0n) is 17.1. The van der Waals surface area contributed by atoms with Gasteiger partial charge in [-0.05, 0) is 49.1 Å². The first-order valence-corrected chi connectivity index (χ1v) is 11.9. The molecule has 1 amide bonds. The van der Waals surface area contributed by atoms with Crippen LogP contribution in [0.15, 0.2) is 56.9 Å². The number of thioether (sulfide) groups is 1. The maximum atomic E-state index is 13.2. The molecule has 2 heterocycles. The van der Waals surface area contributed by atoms with E-state index >= 15 is 0 Å². The summed E-state index contributed by atoms with van der Waals surface area (Å²) in [7, 11) is 0. The average molecular weight is 486 g/mol. The van der Waals surface area contributed by atoms with E-state index in [1.54, 1.807) is 4.57 Å². The number of rotatable bonds is 5. The minimum atomic E-state index is -0.321. The van der Waals surface area contributed by atoms with Crippen LogP contribution in [-0.4, -0.2) is 32.2 Å². The first-order valence-electron chi connectivity index (χ1n) is 10.2. The number of aromatic nitrogens is 2. The minimum Gasteiger partial charge on any atom is -0.337 e. The summed E-state index contributed by atoms with van der Waals surface area (Å²) in [4.78, 5) is 32.9. The molecule has 30 heavy (non-hydrogen) atoms. The highest BCUT2D eigenvalue weighted by Crippen LogP contribution is 2.27. The van der Waals surface area contributed by atoms with E-state index in [0.717, 1.165) is 23.9 Å². The molecule has 1 aliphatic heterocycles. The molecule has 0 spiro atoms. The fraction of sp³-hybridized carbons (Fsp3) is 0.348. The molecule has 1 unspecified atom stereocenters. The Morgan fingerprint density at radius 1 is 1.23 bits per heavy atom. The lowest BCUT2D eigenvalue weighted by Gasteiger charge is -2.30. The second-order valence-electron chi connectivity index (χ2n) is 7.55. The summed E-state index contributed by atoms with van der Waals surface area (Å²) in [6.07, 6.45) is 1.70. The molecular formula is C23H24BrN3O2S. The zero-order valence-corrected chi connectivity index (χ0v) is 19.5. The molecule has 4 rings (SSSR count). The number of nitrogens with zero attached hydrogens (tertiary/aromatic N) is 3. The highest BCUT2D eigenvalue weighted by Gasteiger charge is 2.26. The van der Waals surface area contributed by atoms with E-state index in [9.17, 15) is 9.59 Å². The Kier molecular flexibility index (Phi) is 6.29. The Bertz CT molecular complexity index is 1160. The van der Waals surface area contributed by atoms with Crippen LogP contribution in [0.1, 0.15) is 31.4 Å². The van der Waals surface area contributed by atoms with Gasteiger partial charge in [0.2, 0.25) is 5.91 Å². The predicted molar refractivity (Wildman–Crippen MR) is 125 cm³/mol. The number of hydrogen-bond acceptors (Lipinski definition) is 4. The van der Waals surface area contributed by atoms with Gasteiger partial charge < -0.3 is 4.90 Å². The van der Waals surface area contributed by atoms with Gasteiger partial charge >= 0.3 is 0 Å². The molecule has 0 saturated heterocycles. The smallest absolute Gasteiger partial charge is 0.262 e. The molecule has 0 saturated carbocycles. The van der Waals surface area contributed by atoms with Crippen molar-refractivity contribution in [1.29, 1.82) is 0 Å². The SMILES string of the molecule is CCCn1c(SC(C)C(=O)N2CCc3ccccc3C2)nc2ccc(Br)cc2c1=O. The molecule has 0 aliphatic carbocycles. The van der Waals surface area contributed by atoms with Gasteiger partial charge in [0.05, 0.1) is 16.2 Å². The van der Waals surface area contributed by atoms with Crippen LogP contribution >= 0.6 is 27.7 Å². The summed E-state index contributed by atoms with van der Waals surface area (Å²) in [5, 5.41) is 0.877. The Labute approximate surface area is 188 Å². The molecule has 1 atom stereocenters. The van der Waals surface area contributed by atoms with Crippen molar-refractivity contribution in [3.8, 4) is 0 Å². The van der Waals surface area contributed by atoms with Crippen molar-refractivity contribution in [2.45, 2.75) is 50.2 Å². The standard InChI is InChI=1S/C23H24BrN3O2S/c1-3-11-27-22(29)19-13-18(24)8-9-20(19)25-23(27)30-15(2)21(28)26-12-10-16-6-4-5-7-17(16)14-26/h4-9,13,15H,3,10-12,14H2,1-2H3.